The minimum Gasteiger partial charge on any atom is -0.366 e. The molecule has 4 heteroatoms. The number of piperidine rings is 1. The SMILES string of the molecule is CC(NC(=O)COC(C)(C)C)C1CCCCN1. The maximum Gasteiger partial charge on any atom is 0.246 e. The third-order valence-corrected chi connectivity index (χ3v) is 2.98. The predicted octanol–water partition coefficient (Wildman–Crippen LogP) is 1.45. The lowest BCUT2D eigenvalue weighted by Crippen LogP contribution is -2.51. The van der Waals surface area contributed by atoms with Gasteiger partial charge in [0.25, 0.3) is 0 Å². The summed E-state index contributed by atoms with van der Waals surface area (Å²) in [5.41, 5.74) is -0.260. The topological polar surface area (TPSA) is 50.4 Å². The molecule has 0 aromatic heterocycles. The quantitative estimate of drug-likeness (QED) is 0.784. The fourth-order valence-corrected chi connectivity index (χ4v) is 1.98. The molecule has 1 aliphatic heterocycles. The molecule has 1 aliphatic rings. The second kappa shape index (κ2) is 6.36. The summed E-state index contributed by atoms with van der Waals surface area (Å²) in [6.07, 6.45) is 3.63. The van der Waals surface area contributed by atoms with Crippen molar-refractivity contribution in [2.24, 2.45) is 0 Å². The lowest BCUT2D eigenvalue weighted by atomic mass is 9.99. The van der Waals surface area contributed by atoms with E-state index in [2.05, 4.69) is 17.6 Å². The molecule has 0 aliphatic carbocycles. The normalized spacial score (nSPS) is 23.2. The van der Waals surface area contributed by atoms with Gasteiger partial charge in [-0.1, -0.05) is 6.42 Å². The van der Waals surface area contributed by atoms with Gasteiger partial charge in [0.05, 0.1) is 5.60 Å². The van der Waals surface area contributed by atoms with E-state index in [-0.39, 0.29) is 24.2 Å². The highest BCUT2D eigenvalue weighted by atomic mass is 16.5. The zero-order chi connectivity index (χ0) is 12.9. The molecule has 100 valence electrons. The van der Waals surface area contributed by atoms with Crippen molar-refractivity contribution in [2.75, 3.05) is 13.2 Å². The number of rotatable bonds is 4. The molecule has 17 heavy (non-hydrogen) atoms. The molecule has 2 unspecified atom stereocenters. The van der Waals surface area contributed by atoms with E-state index in [0.717, 1.165) is 13.0 Å². The Morgan fingerprint density at radius 1 is 1.47 bits per heavy atom. The van der Waals surface area contributed by atoms with E-state index in [4.69, 9.17) is 4.74 Å². The van der Waals surface area contributed by atoms with Gasteiger partial charge in [-0.3, -0.25) is 4.79 Å². The van der Waals surface area contributed by atoms with E-state index in [0.29, 0.717) is 6.04 Å². The fraction of sp³-hybridized carbons (Fsp3) is 0.923. The van der Waals surface area contributed by atoms with Crippen molar-refractivity contribution in [3.05, 3.63) is 0 Å². The maximum atomic E-state index is 11.7. The number of carbonyl (C=O) groups excluding carboxylic acids is 1. The molecule has 0 aromatic carbocycles. The zero-order valence-electron chi connectivity index (χ0n) is 11.5. The smallest absolute Gasteiger partial charge is 0.246 e. The Kier molecular flexibility index (Phi) is 5.40. The minimum atomic E-state index is -0.260. The van der Waals surface area contributed by atoms with Crippen molar-refractivity contribution in [3.8, 4) is 0 Å². The van der Waals surface area contributed by atoms with Crippen LogP contribution in [0.1, 0.15) is 47.0 Å². The van der Waals surface area contributed by atoms with Crippen LogP contribution in [-0.4, -0.2) is 36.7 Å². The Labute approximate surface area is 104 Å². The van der Waals surface area contributed by atoms with Crippen LogP contribution in [0.25, 0.3) is 0 Å². The predicted molar refractivity (Wildman–Crippen MR) is 69.0 cm³/mol. The largest absolute Gasteiger partial charge is 0.366 e. The molecule has 0 spiro atoms. The highest BCUT2D eigenvalue weighted by Gasteiger charge is 2.21. The molecule has 2 atom stereocenters. The summed E-state index contributed by atoms with van der Waals surface area (Å²) in [5.74, 6) is -0.0280. The molecule has 0 aromatic rings. The summed E-state index contributed by atoms with van der Waals surface area (Å²) >= 11 is 0. The summed E-state index contributed by atoms with van der Waals surface area (Å²) in [6.45, 7) is 9.10. The summed E-state index contributed by atoms with van der Waals surface area (Å²) < 4.78 is 5.45. The Morgan fingerprint density at radius 2 is 2.18 bits per heavy atom. The van der Waals surface area contributed by atoms with E-state index in [9.17, 15) is 4.79 Å². The molecule has 0 bridgehead atoms. The van der Waals surface area contributed by atoms with E-state index in [1.807, 2.05) is 20.8 Å². The van der Waals surface area contributed by atoms with Gasteiger partial charge in [0.15, 0.2) is 0 Å². The Hall–Kier alpha value is -0.610. The van der Waals surface area contributed by atoms with Crippen molar-refractivity contribution in [2.45, 2.75) is 64.6 Å². The fourth-order valence-electron chi connectivity index (χ4n) is 1.98. The molecule has 0 saturated carbocycles. The number of ether oxygens (including phenoxy) is 1. The van der Waals surface area contributed by atoms with Crippen LogP contribution >= 0.6 is 0 Å². The first kappa shape index (κ1) is 14.5. The third kappa shape index (κ3) is 6.03. The Bertz CT molecular complexity index is 242. The molecule has 0 radical (unpaired) electrons. The molecule has 1 saturated heterocycles. The van der Waals surface area contributed by atoms with Crippen LogP contribution in [0.3, 0.4) is 0 Å². The van der Waals surface area contributed by atoms with Crippen molar-refractivity contribution in [1.82, 2.24) is 10.6 Å². The number of carbonyl (C=O) groups is 1. The number of amides is 1. The third-order valence-electron chi connectivity index (χ3n) is 2.98. The maximum absolute atomic E-state index is 11.7. The molecule has 1 fully saturated rings. The molecule has 1 amide bonds. The monoisotopic (exact) mass is 242 g/mol. The first-order valence-corrected chi connectivity index (χ1v) is 6.55. The summed E-state index contributed by atoms with van der Waals surface area (Å²) in [7, 11) is 0. The average molecular weight is 242 g/mol. The number of hydrogen-bond donors (Lipinski definition) is 2. The summed E-state index contributed by atoms with van der Waals surface area (Å²) in [4.78, 5) is 11.7. The molecular weight excluding hydrogens is 216 g/mol. The highest BCUT2D eigenvalue weighted by molar-refractivity contribution is 5.77. The second-order valence-electron chi connectivity index (χ2n) is 5.81. The van der Waals surface area contributed by atoms with Crippen molar-refractivity contribution in [3.63, 3.8) is 0 Å². The van der Waals surface area contributed by atoms with E-state index < -0.39 is 0 Å². The molecular formula is C13H26N2O2. The molecule has 1 heterocycles. The van der Waals surface area contributed by atoms with Gasteiger partial charge in [0, 0.05) is 12.1 Å². The second-order valence-corrected chi connectivity index (χ2v) is 5.81. The molecule has 2 N–H and O–H groups in total. The van der Waals surface area contributed by atoms with Crippen molar-refractivity contribution >= 4 is 5.91 Å². The minimum absolute atomic E-state index is 0.0280. The van der Waals surface area contributed by atoms with Gasteiger partial charge in [0.2, 0.25) is 5.91 Å². The van der Waals surface area contributed by atoms with Crippen LogP contribution in [0.5, 0.6) is 0 Å². The first-order chi connectivity index (χ1) is 7.88. The van der Waals surface area contributed by atoms with E-state index in [1.54, 1.807) is 0 Å². The zero-order valence-corrected chi connectivity index (χ0v) is 11.5. The van der Waals surface area contributed by atoms with Crippen LogP contribution in [0.4, 0.5) is 0 Å². The van der Waals surface area contributed by atoms with E-state index in [1.165, 1.54) is 12.8 Å². The molecule has 4 nitrogen and oxygen atoms in total. The van der Waals surface area contributed by atoms with Gasteiger partial charge in [-0.05, 0) is 47.1 Å². The highest BCUT2D eigenvalue weighted by Crippen LogP contribution is 2.10. The van der Waals surface area contributed by atoms with Crippen LogP contribution in [0.15, 0.2) is 0 Å². The summed E-state index contributed by atoms with van der Waals surface area (Å²) in [6, 6.07) is 0.578. The van der Waals surface area contributed by atoms with Gasteiger partial charge in [-0.15, -0.1) is 0 Å². The van der Waals surface area contributed by atoms with Crippen LogP contribution in [0, 0.1) is 0 Å². The lowest BCUT2D eigenvalue weighted by molar-refractivity contribution is -0.131. The van der Waals surface area contributed by atoms with Crippen molar-refractivity contribution < 1.29 is 9.53 Å². The standard InChI is InChI=1S/C13H26N2O2/c1-10(11-7-5-6-8-14-11)15-12(16)9-17-13(2,3)4/h10-11,14H,5-9H2,1-4H3,(H,15,16). The van der Waals surface area contributed by atoms with Gasteiger partial charge in [-0.2, -0.15) is 0 Å². The van der Waals surface area contributed by atoms with Crippen LogP contribution in [0.2, 0.25) is 0 Å². The van der Waals surface area contributed by atoms with Crippen LogP contribution < -0.4 is 10.6 Å². The molecule has 1 rings (SSSR count). The lowest BCUT2D eigenvalue weighted by Gasteiger charge is -2.30. The van der Waals surface area contributed by atoms with Gasteiger partial charge < -0.3 is 15.4 Å². The van der Waals surface area contributed by atoms with Gasteiger partial charge in [0.1, 0.15) is 6.61 Å². The van der Waals surface area contributed by atoms with Gasteiger partial charge in [-0.25, -0.2) is 0 Å². The average Bonchev–Trinajstić information content (AvgIpc) is 2.27. The van der Waals surface area contributed by atoms with E-state index >= 15 is 0 Å². The summed E-state index contributed by atoms with van der Waals surface area (Å²) in [5, 5.41) is 6.44. The van der Waals surface area contributed by atoms with Gasteiger partial charge >= 0.3 is 0 Å². The number of nitrogens with one attached hydrogen (secondary N) is 2. The Morgan fingerprint density at radius 3 is 2.71 bits per heavy atom. The van der Waals surface area contributed by atoms with Crippen LogP contribution in [-0.2, 0) is 9.53 Å². The van der Waals surface area contributed by atoms with Crippen molar-refractivity contribution in [1.29, 1.82) is 0 Å². The first-order valence-electron chi connectivity index (χ1n) is 6.55. The number of hydrogen-bond acceptors (Lipinski definition) is 3. The Balaban J connectivity index is 2.25.